The molecular formula is C21H28O4Si. The Kier molecular flexibility index (Phi) is 6.75. The van der Waals surface area contributed by atoms with Gasteiger partial charge in [-0.15, -0.1) is 0 Å². The van der Waals surface area contributed by atoms with Gasteiger partial charge in [0.05, 0.1) is 13.2 Å². The van der Waals surface area contributed by atoms with E-state index >= 15 is 0 Å². The van der Waals surface area contributed by atoms with E-state index in [1.165, 1.54) is 0 Å². The van der Waals surface area contributed by atoms with E-state index in [4.69, 9.17) is 9.16 Å². The molecule has 0 unspecified atom stereocenters. The summed E-state index contributed by atoms with van der Waals surface area (Å²) in [5.41, 5.74) is 0. The highest BCUT2D eigenvalue weighted by molar-refractivity contribution is 6.99. The molecule has 140 valence electrons. The molecule has 2 rings (SSSR count). The first kappa shape index (κ1) is 20.4. The van der Waals surface area contributed by atoms with Crippen molar-refractivity contribution in [2.45, 2.75) is 38.8 Å². The van der Waals surface area contributed by atoms with Crippen molar-refractivity contribution in [1.29, 1.82) is 0 Å². The number of carbonyl (C=O) groups excluding carboxylic acids is 1. The Morgan fingerprint density at radius 2 is 1.46 bits per heavy atom. The highest BCUT2D eigenvalue weighted by Crippen LogP contribution is 2.36. The zero-order valence-electron chi connectivity index (χ0n) is 15.9. The maximum absolute atomic E-state index is 11.8. The van der Waals surface area contributed by atoms with Crippen LogP contribution in [0.15, 0.2) is 60.7 Å². The van der Waals surface area contributed by atoms with Crippen LogP contribution in [0, 0.1) is 0 Å². The van der Waals surface area contributed by atoms with Gasteiger partial charge in [-0.2, -0.15) is 0 Å². The molecule has 0 aromatic heterocycles. The van der Waals surface area contributed by atoms with E-state index in [2.05, 4.69) is 45.0 Å². The number of hydrogen-bond donors (Lipinski definition) is 1. The molecule has 0 radical (unpaired) electrons. The lowest BCUT2D eigenvalue weighted by Crippen LogP contribution is -2.67. The van der Waals surface area contributed by atoms with Crippen molar-refractivity contribution in [2.24, 2.45) is 0 Å². The van der Waals surface area contributed by atoms with Gasteiger partial charge in [0.1, 0.15) is 0 Å². The molecule has 0 bridgehead atoms. The monoisotopic (exact) mass is 372 g/mol. The Morgan fingerprint density at radius 3 is 1.85 bits per heavy atom. The van der Waals surface area contributed by atoms with Crippen LogP contribution in [0.4, 0.5) is 0 Å². The van der Waals surface area contributed by atoms with Crippen molar-refractivity contribution < 1.29 is 19.1 Å². The van der Waals surface area contributed by atoms with Gasteiger partial charge in [-0.3, -0.25) is 0 Å². The molecule has 2 aromatic rings. The van der Waals surface area contributed by atoms with Crippen LogP contribution in [0.2, 0.25) is 5.04 Å². The lowest BCUT2D eigenvalue weighted by Gasteiger charge is -2.43. The fourth-order valence-corrected chi connectivity index (χ4v) is 7.84. The number of hydrogen-bond acceptors (Lipinski definition) is 4. The molecule has 2 aromatic carbocycles. The zero-order chi connectivity index (χ0) is 19.2. The third kappa shape index (κ3) is 4.23. The van der Waals surface area contributed by atoms with Gasteiger partial charge in [0, 0.05) is 0 Å². The molecule has 0 fully saturated rings. The summed E-state index contributed by atoms with van der Waals surface area (Å²) in [6.07, 6.45) is -1.29. The summed E-state index contributed by atoms with van der Waals surface area (Å²) in [6.45, 7) is 8.30. The molecule has 0 saturated carbocycles. The first-order chi connectivity index (χ1) is 12.3. The predicted molar refractivity (Wildman–Crippen MR) is 106 cm³/mol. The quantitative estimate of drug-likeness (QED) is 0.599. The van der Waals surface area contributed by atoms with Gasteiger partial charge in [0.2, 0.25) is 0 Å². The maximum Gasteiger partial charge on any atom is 0.337 e. The maximum atomic E-state index is 11.8. The average molecular weight is 373 g/mol. The summed E-state index contributed by atoms with van der Waals surface area (Å²) in [5.74, 6) is -0.648. The van der Waals surface area contributed by atoms with Crippen molar-refractivity contribution in [3.63, 3.8) is 0 Å². The number of ether oxygens (including phenoxy) is 1. The minimum atomic E-state index is -2.75. The van der Waals surface area contributed by atoms with E-state index in [0.717, 1.165) is 10.4 Å². The van der Waals surface area contributed by atoms with Gasteiger partial charge in [0.15, 0.2) is 6.10 Å². The van der Waals surface area contributed by atoms with Gasteiger partial charge in [-0.1, -0.05) is 81.4 Å². The smallest absolute Gasteiger partial charge is 0.337 e. The first-order valence-corrected chi connectivity index (χ1v) is 10.8. The summed E-state index contributed by atoms with van der Waals surface area (Å²) in [6, 6.07) is 20.2. The van der Waals surface area contributed by atoms with Crippen LogP contribution in [0.25, 0.3) is 0 Å². The second-order valence-corrected chi connectivity index (χ2v) is 11.5. The van der Waals surface area contributed by atoms with Gasteiger partial charge in [-0.05, 0) is 22.3 Å². The summed E-state index contributed by atoms with van der Waals surface area (Å²) >= 11 is 0. The lowest BCUT2D eigenvalue weighted by atomic mass is 10.2. The molecular weight excluding hydrogens is 344 g/mol. The van der Waals surface area contributed by atoms with Gasteiger partial charge < -0.3 is 14.3 Å². The molecule has 1 atom stereocenters. The van der Waals surface area contributed by atoms with E-state index in [0.29, 0.717) is 0 Å². The molecule has 4 nitrogen and oxygen atoms in total. The number of rotatable bonds is 7. The largest absolute Gasteiger partial charge is 0.464 e. The molecule has 1 N–H and O–H groups in total. The van der Waals surface area contributed by atoms with Crippen LogP contribution >= 0.6 is 0 Å². The third-order valence-electron chi connectivity index (χ3n) is 4.43. The highest BCUT2D eigenvalue weighted by Gasteiger charge is 2.50. The zero-order valence-corrected chi connectivity index (χ0v) is 16.9. The second-order valence-electron chi connectivity index (χ2n) is 7.24. The summed E-state index contributed by atoms with van der Waals surface area (Å²) < 4.78 is 11.4. The Bertz CT molecular complexity index is 655. The van der Waals surface area contributed by atoms with Gasteiger partial charge >= 0.3 is 5.97 Å². The van der Waals surface area contributed by atoms with Crippen LogP contribution in [-0.2, 0) is 14.0 Å². The van der Waals surface area contributed by atoms with Crippen molar-refractivity contribution >= 4 is 24.7 Å². The lowest BCUT2D eigenvalue weighted by molar-refractivity contribution is -0.154. The molecule has 0 aliphatic heterocycles. The Balaban J connectivity index is 2.49. The van der Waals surface area contributed by atoms with Crippen LogP contribution in [-0.4, -0.2) is 38.7 Å². The van der Waals surface area contributed by atoms with E-state index in [1.807, 2.05) is 36.4 Å². The van der Waals surface area contributed by atoms with Crippen molar-refractivity contribution in [1.82, 2.24) is 0 Å². The van der Waals surface area contributed by atoms with Crippen molar-refractivity contribution in [3.05, 3.63) is 60.7 Å². The van der Waals surface area contributed by atoms with Crippen LogP contribution in [0.1, 0.15) is 27.7 Å². The van der Waals surface area contributed by atoms with E-state index in [-0.39, 0.29) is 18.3 Å². The average Bonchev–Trinajstić information content (AvgIpc) is 2.63. The molecule has 5 heteroatoms. The summed E-state index contributed by atoms with van der Waals surface area (Å²) in [4.78, 5) is 11.8. The predicted octanol–water partition coefficient (Wildman–Crippen LogP) is 2.49. The van der Waals surface area contributed by atoms with E-state index in [1.54, 1.807) is 6.92 Å². The Morgan fingerprint density at radius 1 is 1.00 bits per heavy atom. The van der Waals surface area contributed by atoms with Crippen molar-refractivity contribution in [3.8, 4) is 0 Å². The van der Waals surface area contributed by atoms with Crippen molar-refractivity contribution in [2.75, 3.05) is 13.2 Å². The van der Waals surface area contributed by atoms with Crippen LogP contribution in [0.3, 0.4) is 0 Å². The first-order valence-electron chi connectivity index (χ1n) is 8.92. The van der Waals surface area contributed by atoms with Crippen LogP contribution < -0.4 is 10.4 Å². The standard InChI is InChI=1S/C21H28O4Si/c1-5-24-20(23)19(22)16-25-26(21(2,3)4,17-12-8-6-9-13-17)18-14-10-7-11-15-18/h6-15,19,22H,5,16H2,1-4H3/t19-/m1/s1. The number of esters is 1. The Hall–Kier alpha value is -1.95. The van der Waals surface area contributed by atoms with Gasteiger partial charge in [-0.25, -0.2) is 4.79 Å². The fraction of sp³-hybridized carbons (Fsp3) is 0.381. The van der Waals surface area contributed by atoms with E-state index in [9.17, 15) is 9.90 Å². The summed E-state index contributed by atoms with van der Waals surface area (Å²) in [5, 5.41) is 12.2. The molecule has 26 heavy (non-hydrogen) atoms. The molecule has 0 heterocycles. The third-order valence-corrected chi connectivity index (χ3v) is 9.44. The fourth-order valence-electron chi connectivity index (χ4n) is 3.27. The van der Waals surface area contributed by atoms with E-state index < -0.39 is 20.4 Å². The molecule has 0 spiro atoms. The SMILES string of the molecule is CCOC(=O)[C@H](O)CO[Si](c1ccccc1)(c1ccccc1)C(C)(C)C. The molecule has 0 aliphatic rings. The molecule has 0 aliphatic carbocycles. The van der Waals surface area contributed by atoms with Gasteiger partial charge in [0.25, 0.3) is 8.32 Å². The minimum Gasteiger partial charge on any atom is -0.464 e. The topological polar surface area (TPSA) is 55.8 Å². The number of benzene rings is 2. The number of aliphatic hydroxyl groups excluding tert-OH is 1. The molecule has 0 amide bonds. The normalized spacial score (nSPS) is 13.3. The molecule has 0 saturated heterocycles. The minimum absolute atomic E-state index is 0.0912. The Labute approximate surface area is 156 Å². The number of carbonyl (C=O) groups is 1. The second kappa shape index (κ2) is 8.62. The highest BCUT2D eigenvalue weighted by atomic mass is 28.4. The van der Waals surface area contributed by atoms with Crippen LogP contribution in [0.5, 0.6) is 0 Å². The summed E-state index contributed by atoms with van der Waals surface area (Å²) in [7, 11) is -2.75. The number of aliphatic hydroxyl groups is 1.